The first-order valence-electron chi connectivity index (χ1n) is 10.2. The number of nitrogens with zero attached hydrogens (tertiary/aromatic N) is 6. The lowest BCUT2D eigenvalue weighted by molar-refractivity contribution is 0.109. The van der Waals surface area contributed by atoms with Crippen molar-refractivity contribution in [2.75, 3.05) is 42.6 Å². The van der Waals surface area contributed by atoms with Crippen LogP contribution in [0.15, 0.2) is 18.5 Å². The Hall–Kier alpha value is -2.28. The maximum atomic E-state index is 5.58. The third kappa shape index (κ3) is 3.21. The zero-order chi connectivity index (χ0) is 19.3. The van der Waals surface area contributed by atoms with E-state index in [9.17, 15) is 0 Å². The lowest BCUT2D eigenvalue weighted by atomic mass is 9.92. The summed E-state index contributed by atoms with van der Waals surface area (Å²) < 4.78 is 5.58. The van der Waals surface area contributed by atoms with Gasteiger partial charge in [0.15, 0.2) is 5.82 Å². The molecule has 2 aromatic heterocycles. The highest BCUT2D eigenvalue weighted by atomic mass is 16.5. The van der Waals surface area contributed by atoms with Crippen LogP contribution in [0.2, 0.25) is 0 Å². The topological polar surface area (TPSA) is 67.3 Å². The average Bonchev–Trinajstić information content (AvgIpc) is 3.26. The van der Waals surface area contributed by atoms with Gasteiger partial charge in [0, 0.05) is 61.5 Å². The number of hydrogen-bond acceptors (Lipinski definition) is 7. The fourth-order valence-corrected chi connectivity index (χ4v) is 4.58. The van der Waals surface area contributed by atoms with Crippen molar-refractivity contribution in [1.82, 2.24) is 20.2 Å². The molecule has 0 spiro atoms. The molecule has 0 aliphatic carbocycles. The van der Waals surface area contributed by atoms with Gasteiger partial charge in [-0.15, -0.1) is 5.10 Å². The smallest absolute Gasteiger partial charge is 0.151 e. The SMILES string of the molecule is CC(C)(C)c1cc(N2CC3CN(c4cc5c(nn4)CCOC5)CC3C2)ncn1. The molecular weight excluding hydrogens is 352 g/mol. The van der Waals surface area contributed by atoms with Gasteiger partial charge >= 0.3 is 0 Å². The van der Waals surface area contributed by atoms with Crippen LogP contribution in [0.3, 0.4) is 0 Å². The highest BCUT2D eigenvalue weighted by Gasteiger charge is 2.41. The van der Waals surface area contributed by atoms with E-state index >= 15 is 0 Å². The van der Waals surface area contributed by atoms with Gasteiger partial charge in [0.05, 0.1) is 24.6 Å². The Morgan fingerprint density at radius 2 is 1.64 bits per heavy atom. The summed E-state index contributed by atoms with van der Waals surface area (Å²) in [5.41, 5.74) is 3.44. The molecule has 2 atom stereocenters. The molecule has 0 N–H and O–H groups in total. The van der Waals surface area contributed by atoms with Crippen molar-refractivity contribution in [2.45, 2.75) is 39.2 Å². The van der Waals surface area contributed by atoms with Crippen LogP contribution in [0.5, 0.6) is 0 Å². The molecule has 0 aromatic carbocycles. The first-order valence-corrected chi connectivity index (χ1v) is 10.2. The molecule has 2 unspecified atom stereocenters. The molecule has 0 bridgehead atoms. The molecule has 7 heteroatoms. The Labute approximate surface area is 166 Å². The monoisotopic (exact) mass is 380 g/mol. The van der Waals surface area contributed by atoms with Crippen LogP contribution in [-0.4, -0.2) is 53.0 Å². The fourth-order valence-electron chi connectivity index (χ4n) is 4.58. The Balaban J connectivity index is 1.28. The Bertz CT molecular complexity index is 865. The van der Waals surface area contributed by atoms with Gasteiger partial charge in [-0.3, -0.25) is 0 Å². The number of aromatic nitrogens is 4. The average molecular weight is 380 g/mol. The quantitative estimate of drug-likeness (QED) is 0.791. The summed E-state index contributed by atoms with van der Waals surface area (Å²) in [4.78, 5) is 13.8. The minimum absolute atomic E-state index is 0.0406. The Kier molecular flexibility index (Phi) is 4.23. The van der Waals surface area contributed by atoms with E-state index < -0.39 is 0 Å². The van der Waals surface area contributed by atoms with Crippen molar-refractivity contribution in [3.8, 4) is 0 Å². The molecule has 2 aromatic rings. The summed E-state index contributed by atoms with van der Waals surface area (Å²) in [7, 11) is 0. The molecule has 5 heterocycles. The maximum Gasteiger partial charge on any atom is 0.151 e. The summed E-state index contributed by atoms with van der Waals surface area (Å²) in [5.74, 6) is 3.35. The molecule has 0 amide bonds. The molecule has 5 rings (SSSR count). The first-order chi connectivity index (χ1) is 13.5. The van der Waals surface area contributed by atoms with Crippen molar-refractivity contribution in [3.63, 3.8) is 0 Å². The number of anilines is 2. The van der Waals surface area contributed by atoms with Gasteiger partial charge in [0.2, 0.25) is 0 Å². The van der Waals surface area contributed by atoms with Crippen molar-refractivity contribution >= 4 is 11.6 Å². The molecule has 7 nitrogen and oxygen atoms in total. The summed E-state index contributed by atoms with van der Waals surface area (Å²) in [6.45, 7) is 12.2. The predicted octanol–water partition coefficient (Wildman–Crippen LogP) is 2.21. The number of ether oxygens (including phenoxy) is 1. The molecule has 0 saturated carbocycles. The van der Waals surface area contributed by atoms with Crippen LogP contribution in [-0.2, 0) is 23.2 Å². The van der Waals surface area contributed by atoms with Crippen molar-refractivity contribution < 1.29 is 4.74 Å². The third-order valence-electron chi connectivity index (χ3n) is 6.24. The molecular formula is C21H28N6O. The largest absolute Gasteiger partial charge is 0.376 e. The van der Waals surface area contributed by atoms with Crippen molar-refractivity contribution in [3.05, 3.63) is 35.4 Å². The van der Waals surface area contributed by atoms with Gasteiger partial charge in [0.25, 0.3) is 0 Å². The van der Waals surface area contributed by atoms with Crippen LogP contribution in [0, 0.1) is 11.8 Å². The van der Waals surface area contributed by atoms with Gasteiger partial charge in [-0.25, -0.2) is 9.97 Å². The summed E-state index contributed by atoms with van der Waals surface area (Å²) in [6.07, 6.45) is 2.58. The minimum Gasteiger partial charge on any atom is -0.376 e. The standard InChI is InChI=1S/C21H28N6O/c1-21(2,3)18-7-19(23-13-22-18)26-8-15-10-27(11-16(15)9-26)20-6-14-12-28-5-4-17(14)24-25-20/h6-7,13,15-16H,4-5,8-12H2,1-3H3. The number of fused-ring (bicyclic) bond motifs is 2. The first kappa shape index (κ1) is 17.8. The van der Waals surface area contributed by atoms with Gasteiger partial charge in [-0.1, -0.05) is 20.8 Å². The highest BCUT2D eigenvalue weighted by Crippen LogP contribution is 2.36. The second kappa shape index (κ2) is 6.65. The third-order valence-corrected chi connectivity index (χ3v) is 6.24. The summed E-state index contributed by atoms with van der Waals surface area (Å²) in [5, 5.41) is 8.96. The second-order valence-corrected chi connectivity index (χ2v) is 9.32. The minimum atomic E-state index is 0.0406. The van der Waals surface area contributed by atoms with Crippen LogP contribution in [0.25, 0.3) is 0 Å². The zero-order valence-corrected chi connectivity index (χ0v) is 16.9. The van der Waals surface area contributed by atoms with Crippen LogP contribution in [0.4, 0.5) is 11.6 Å². The van der Waals surface area contributed by atoms with Gasteiger partial charge < -0.3 is 14.5 Å². The fraction of sp³-hybridized carbons (Fsp3) is 0.619. The second-order valence-electron chi connectivity index (χ2n) is 9.32. The Morgan fingerprint density at radius 1 is 0.929 bits per heavy atom. The van der Waals surface area contributed by atoms with E-state index in [4.69, 9.17) is 4.74 Å². The van der Waals surface area contributed by atoms with Crippen molar-refractivity contribution in [1.29, 1.82) is 0 Å². The van der Waals surface area contributed by atoms with E-state index in [2.05, 4.69) is 62.9 Å². The lowest BCUT2D eigenvalue weighted by Gasteiger charge is -2.25. The normalized spacial score (nSPS) is 24.4. The maximum absolute atomic E-state index is 5.58. The van der Waals surface area contributed by atoms with E-state index in [1.807, 2.05) is 0 Å². The van der Waals surface area contributed by atoms with Crippen molar-refractivity contribution in [2.24, 2.45) is 11.8 Å². The molecule has 2 saturated heterocycles. The van der Waals surface area contributed by atoms with Crippen LogP contribution < -0.4 is 9.80 Å². The molecule has 2 fully saturated rings. The van der Waals surface area contributed by atoms with Crippen LogP contribution in [0.1, 0.15) is 37.7 Å². The molecule has 3 aliphatic heterocycles. The van der Waals surface area contributed by atoms with Crippen LogP contribution >= 0.6 is 0 Å². The van der Waals surface area contributed by atoms with E-state index in [1.165, 1.54) is 5.56 Å². The molecule has 3 aliphatic rings. The summed E-state index contributed by atoms with van der Waals surface area (Å²) in [6, 6.07) is 4.34. The summed E-state index contributed by atoms with van der Waals surface area (Å²) >= 11 is 0. The lowest BCUT2D eigenvalue weighted by Crippen LogP contribution is -2.30. The van der Waals surface area contributed by atoms with E-state index in [-0.39, 0.29) is 5.41 Å². The number of hydrogen-bond donors (Lipinski definition) is 0. The van der Waals surface area contributed by atoms with Gasteiger partial charge in [0.1, 0.15) is 12.1 Å². The Morgan fingerprint density at radius 3 is 2.36 bits per heavy atom. The van der Waals surface area contributed by atoms with Gasteiger partial charge in [-0.05, 0) is 6.07 Å². The number of rotatable bonds is 2. The van der Waals surface area contributed by atoms with E-state index in [1.54, 1.807) is 6.33 Å². The molecule has 148 valence electrons. The zero-order valence-electron chi connectivity index (χ0n) is 16.9. The van der Waals surface area contributed by atoms with Gasteiger partial charge in [-0.2, -0.15) is 5.10 Å². The predicted molar refractivity (Wildman–Crippen MR) is 108 cm³/mol. The molecule has 0 radical (unpaired) electrons. The van der Waals surface area contributed by atoms with E-state index in [0.717, 1.165) is 62.2 Å². The molecule has 28 heavy (non-hydrogen) atoms. The highest BCUT2D eigenvalue weighted by molar-refractivity contribution is 5.47. The van der Waals surface area contributed by atoms with E-state index in [0.29, 0.717) is 18.4 Å².